The number of nitrogens with one attached hydrogen (secondary N) is 1. The van der Waals surface area contributed by atoms with E-state index in [1.54, 1.807) is 6.07 Å². The third-order valence-corrected chi connectivity index (χ3v) is 3.95. The number of rotatable bonds is 3. The normalized spacial score (nSPS) is 10.2. The Morgan fingerprint density at radius 1 is 1.12 bits per heavy atom. The van der Waals surface area contributed by atoms with Crippen LogP contribution in [0.4, 0.5) is 14.5 Å². The second kappa shape index (κ2) is 7.34. The van der Waals surface area contributed by atoms with Gasteiger partial charge in [-0.1, -0.05) is 23.7 Å². The molecule has 0 spiro atoms. The highest BCUT2D eigenvalue weighted by molar-refractivity contribution is 6.34. The summed E-state index contributed by atoms with van der Waals surface area (Å²) >= 11 is 6.04. The lowest BCUT2D eigenvalue weighted by Crippen LogP contribution is -2.12. The van der Waals surface area contributed by atoms with E-state index in [0.717, 1.165) is 12.1 Å². The first-order valence-corrected chi connectivity index (χ1v) is 7.84. The SMILES string of the molecule is N#Cc1ccc(NC(=O)c2[c]ccc(-c3ccc(F)cc3F)c2)c(Cl)c1. The van der Waals surface area contributed by atoms with Crippen LogP contribution in [0.15, 0.2) is 54.6 Å². The number of benzene rings is 3. The molecule has 0 saturated carbocycles. The van der Waals surface area contributed by atoms with E-state index >= 15 is 0 Å². The molecule has 3 aromatic rings. The van der Waals surface area contributed by atoms with Crippen molar-refractivity contribution in [3.63, 3.8) is 0 Å². The fraction of sp³-hybridized carbons (Fsp3) is 0. The summed E-state index contributed by atoms with van der Waals surface area (Å²) in [7, 11) is 0. The van der Waals surface area contributed by atoms with Gasteiger partial charge in [-0.25, -0.2) is 8.78 Å². The minimum atomic E-state index is -0.724. The van der Waals surface area contributed by atoms with Crippen LogP contribution in [0.25, 0.3) is 11.1 Å². The molecule has 3 nitrogen and oxygen atoms in total. The van der Waals surface area contributed by atoms with Crippen LogP contribution in [0.3, 0.4) is 0 Å². The molecule has 0 saturated heterocycles. The predicted molar refractivity (Wildman–Crippen MR) is 94.8 cm³/mol. The van der Waals surface area contributed by atoms with Crippen LogP contribution in [0.5, 0.6) is 0 Å². The Labute approximate surface area is 153 Å². The van der Waals surface area contributed by atoms with E-state index in [4.69, 9.17) is 16.9 Å². The van der Waals surface area contributed by atoms with E-state index in [2.05, 4.69) is 11.4 Å². The molecule has 127 valence electrons. The van der Waals surface area contributed by atoms with E-state index in [0.29, 0.717) is 16.8 Å². The monoisotopic (exact) mass is 367 g/mol. The van der Waals surface area contributed by atoms with Crippen molar-refractivity contribution in [2.75, 3.05) is 5.32 Å². The highest BCUT2D eigenvalue weighted by Crippen LogP contribution is 2.26. The fourth-order valence-corrected chi connectivity index (χ4v) is 2.59. The standard InChI is InChI=1S/C20H10ClF2N2O/c21-17-8-12(11-24)4-7-19(17)25-20(26)14-3-1-2-13(9-14)16-6-5-15(22)10-18(16)23/h1-2,4-10H,(H,25,26). The number of hydrogen-bond donors (Lipinski definition) is 1. The summed E-state index contributed by atoms with van der Waals surface area (Å²) < 4.78 is 27.0. The largest absolute Gasteiger partial charge is 0.321 e. The molecule has 0 aromatic heterocycles. The molecule has 0 bridgehead atoms. The first-order valence-electron chi connectivity index (χ1n) is 7.46. The molecule has 0 atom stereocenters. The van der Waals surface area contributed by atoms with Gasteiger partial charge in [0.1, 0.15) is 11.6 Å². The number of nitrogens with zero attached hydrogens (tertiary/aromatic N) is 1. The minimum absolute atomic E-state index is 0.159. The zero-order chi connectivity index (χ0) is 18.7. The van der Waals surface area contributed by atoms with Gasteiger partial charge in [-0.15, -0.1) is 0 Å². The van der Waals surface area contributed by atoms with Crippen LogP contribution in [0, 0.1) is 29.0 Å². The molecule has 0 aliphatic rings. The highest BCUT2D eigenvalue weighted by atomic mass is 35.5. The van der Waals surface area contributed by atoms with E-state index in [1.807, 2.05) is 6.07 Å². The fourth-order valence-electron chi connectivity index (χ4n) is 2.36. The maximum atomic E-state index is 13.9. The van der Waals surface area contributed by atoms with Crippen molar-refractivity contribution >= 4 is 23.2 Å². The molecule has 1 radical (unpaired) electrons. The number of amides is 1. The first kappa shape index (κ1) is 17.6. The molecular formula is C20H10ClF2N2O. The lowest BCUT2D eigenvalue weighted by atomic mass is 10.0. The Balaban J connectivity index is 1.88. The minimum Gasteiger partial charge on any atom is -0.321 e. The van der Waals surface area contributed by atoms with Gasteiger partial charge in [0.25, 0.3) is 5.91 Å². The third kappa shape index (κ3) is 3.71. The summed E-state index contributed by atoms with van der Waals surface area (Å²) in [5.74, 6) is -1.90. The Kier molecular flexibility index (Phi) is 4.97. The van der Waals surface area contributed by atoms with Crippen molar-refractivity contribution in [2.45, 2.75) is 0 Å². The van der Waals surface area contributed by atoms with Gasteiger partial charge in [0.15, 0.2) is 0 Å². The highest BCUT2D eigenvalue weighted by Gasteiger charge is 2.12. The van der Waals surface area contributed by atoms with Gasteiger partial charge in [0, 0.05) is 17.2 Å². The zero-order valence-electron chi connectivity index (χ0n) is 13.2. The summed E-state index contributed by atoms with van der Waals surface area (Å²) in [6.07, 6.45) is 0. The van der Waals surface area contributed by atoms with Gasteiger partial charge in [-0.05, 0) is 48.0 Å². The average molecular weight is 368 g/mol. The summed E-state index contributed by atoms with van der Waals surface area (Å²) in [5, 5.41) is 11.7. The zero-order valence-corrected chi connectivity index (χ0v) is 13.9. The number of carbonyl (C=O) groups is 1. The molecule has 26 heavy (non-hydrogen) atoms. The first-order chi connectivity index (χ1) is 12.5. The smallest absolute Gasteiger partial charge is 0.256 e. The number of hydrogen-bond acceptors (Lipinski definition) is 2. The van der Waals surface area contributed by atoms with E-state index in [9.17, 15) is 13.6 Å². The van der Waals surface area contributed by atoms with E-state index in [1.165, 1.54) is 36.4 Å². The van der Waals surface area contributed by atoms with Gasteiger partial charge < -0.3 is 5.32 Å². The van der Waals surface area contributed by atoms with Crippen molar-refractivity contribution in [2.24, 2.45) is 0 Å². The Bertz CT molecular complexity index is 1040. The Morgan fingerprint density at radius 3 is 2.62 bits per heavy atom. The molecule has 6 heteroatoms. The van der Waals surface area contributed by atoms with Crippen LogP contribution in [0.1, 0.15) is 15.9 Å². The Hall–Kier alpha value is -3.23. The van der Waals surface area contributed by atoms with Crippen molar-refractivity contribution < 1.29 is 13.6 Å². The molecule has 0 aliphatic carbocycles. The van der Waals surface area contributed by atoms with Gasteiger partial charge in [-0.2, -0.15) is 5.26 Å². The molecule has 0 fully saturated rings. The summed E-state index contributed by atoms with van der Waals surface area (Å²) in [6, 6.07) is 16.9. The summed E-state index contributed by atoms with van der Waals surface area (Å²) in [6.45, 7) is 0. The van der Waals surface area contributed by atoms with Gasteiger partial charge in [0.2, 0.25) is 0 Å². The van der Waals surface area contributed by atoms with E-state index in [-0.39, 0.29) is 16.1 Å². The average Bonchev–Trinajstić information content (AvgIpc) is 2.63. The lowest BCUT2D eigenvalue weighted by molar-refractivity contribution is 0.102. The van der Waals surface area contributed by atoms with Crippen LogP contribution < -0.4 is 5.32 Å². The maximum Gasteiger partial charge on any atom is 0.256 e. The van der Waals surface area contributed by atoms with Crippen LogP contribution in [-0.2, 0) is 0 Å². The van der Waals surface area contributed by atoms with Crippen LogP contribution in [0.2, 0.25) is 5.02 Å². The van der Waals surface area contributed by atoms with Crippen LogP contribution in [-0.4, -0.2) is 5.91 Å². The second-order valence-electron chi connectivity index (χ2n) is 5.38. The van der Waals surface area contributed by atoms with Crippen molar-refractivity contribution in [1.82, 2.24) is 0 Å². The van der Waals surface area contributed by atoms with Crippen molar-refractivity contribution in [1.29, 1.82) is 5.26 Å². The van der Waals surface area contributed by atoms with Crippen LogP contribution >= 0.6 is 11.6 Å². The molecule has 0 unspecified atom stereocenters. The maximum absolute atomic E-state index is 13.9. The van der Waals surface area contributed by atoms with Crippen molar-refractivity contribution in [3.8, 4) is 17.2 Å². The topological polar surface area (TPSA) is 52.9 Å². The predicted octanol–water partition coefficient (Wildman–Crippen LogP) is 5.21. The van der Waals surface area contributed by atoms with E-state index < -0.39 is 17.5 Å². The second-order valence-corrected chi connectivity index (χ2v) is 5.78. The van der Waals surface area contributed by atoms with Gasteiger partial charge in [0.05, 0.1) is 22.3 Å². The third-order valence-electron chi connectivity index (χ3n) is 3.63. The number of carbonyl (C=O) groups excluding carboxylic acids is 1. The summed E-state index contributed by atoms with van der Waals surface area (Å²) in [5.41, 5.74) is 1.45. The molecular weight excluding hydrogens is 358 g/mol. The number of halogens is 3. The summed E-state index contributed by atoms with van der Waals surface area (Å²) in [4.78, 5) is 12.4. The molecule has 1 amide bonds. The molecule has 1 N–H and O–H groups in total. The van der Waals surface area contributed by atoms with Gasteiger partial charge in [-0.3, -0.25) is 4.79 Å². The Morgan fingerprint density at radius 2 is 1.92 bits per heavy atom. The molecule has 3 rings (SSSR count). The molecule has 0 heterocycles. The lowest BCUT2D eigenvalue weighted by Gasteiger charge is -2.09. The molecule has 3 aromatic carbocycles. The number of nitriles is 1. The number of anilines is 1. The van der Waals surface area contributed by atoms with Crippen molar-refractivity contribution in [3.05, 3.63) is 88.4 Å². The molecule has 0 aliphatic heterocycles. The quantitative estimate of drug-likeness (QED) is 0.691. The van der Waals surface area contributed by atoms with Gasteiger partial charge >= 0.3 is 0 Å².